The SMILES string of the molecule is Cc1cc2c(C(F)(F)F)c(C#N)ccc2n1Cc1coc(-c2cccc(C(F)(F)F)c2)n1. The fourth-order valence-electron chi connectivity index (χ4n) is 3.58. The molecule has 4 rings (SSSR count). The summed E-state index contributed by atoms with van der Waals surface area (Å²) in [5.41, 5.74) is -1.16. The van der Waals surface area contributed by atoms with E-state index in [1.54, 1.807) is 17.6 Å². The lowest BCUT2D eigenvalue weighted by Crippen LogP contribution is -2.09. The molecule has 0 aliphatic rings. The molecule has 0 fully saturated rings. The number of nitriles is 1. The molecular weight excluding hydrogens is 436 g/mol. The molecule has 4 aromatic rings. The minimum atomic E-state index is -4.71. The number of hydrogen-bond acceptors (Lipinski definition) is 3. The smallest absolute Gasteiger partial charge is 0.418 e. The van der Waals surface area contributed by atoms with E-state index < -0.39 is 29.0 Å². The van der Waals surface area contributed by atoms with Crippen LogP contribution in [0, 0.1) is 18.3 Å². The maximum Gasteiger partial charge on any atom is 0.418 e. The molecule has 0 radical (unpaired) electrons. The molecule has 0 unspecified atom stereocenters. The molecule has 0 spiro atoms. The van der Waals surface area contributed by atoms with Crippen LogP contribution in [0.4, 0.5) is 26.3 Å². The van der Waals surface area contributed by atoms with Crippen LogP contribution < -0.4 is 0 Å². The van der Waals surface area contributed by atoms with Gasteiger partial charge in [0.15, 0.2) is 0 Å². The van der Waals surface area contributed by atoms with E-state index in [1.807, 2.05) is 0 Å². The average molecular weight is 449 g/mol. The minimum Gasteiger partial charge on any atom is -0.444 e. The van der Waals surface area contributed by atoms with Gasteiger partial charge in [-0.1, -0.05) is 6.07 Å². The van der Waals surface area contributed by atoms with E-state index >= 15 is 0 Å². The van der Waals surface area contributed by atoms with E-state index in [0.29, 0.717) is 11.4 Å². The van der Waals surface area contributed by atoms with Crippen LogP contribution in [0.5, 0.6) is 0 Å². The van der Waals surface area contributed by atoms with Crippen LogP contribution in [0.15, 0.2) is 53.1 Å². The highest BCUT2D eigenvalue weighted by Crippen LogP contribution is 2.39. The molecule has 0 saturated heterocycles. The van der Waals surface area contributed by atoms with Crippen LogP contribution in [0.25, 0.3) is 22.4 Å². The third-order valence-electron chi connectivity index (χ3n) is 5.00. The third-order valence-corrected chi connectivity index (χ3v) is 5.00. The Morgan fingerprint density at radius 2 is 1.78 bits per heavy atom. The largest absolute Gasteiger partial charge is 0.444 e. The van der Waals surface area contributed by atoms with Crippen LogP contribution in [0.1, 0.15) is 28.1 Å². The van der Waals surface area contributed by atoms with E-state index in [4.69, 9.17) is 9.68 Å². The first-order valence-electron chi connectivity index (χ1n) is 9.21. The molecule has 2 aromatic carbocycles. The number of alkyl halides is 6. The van der Waals surface area contributed by atoms with E-state index in [2.05, 4.69) is 4.98 Å². The van der Waals surface area contributed by atoms with Crippen molar-refractivity contribution in [2.24, 2.45) is 0 Å². The Kier molecular flexibility index (Phi) is 5.00. The van der Waals surface area contributed by atoms with Crippen molar-refractivity contribution >= 4 is 10.9 Å². The molecular formula is C22H13F6N3O. The lowest BCUT2D eigenvalue weighted by Gasteiger charge is -2.11. The highest BCUT2D eigenvalue weighted by Gasteiger charge is 2.36. The van der Waals surface area contributed by atoms with Crippen LogP contribution in [-0.2, 0) is 18.9 Å². The van der Waals surface area contributed by atoms with Crippen LogP contribution in [-0.4, -0.2) is 9.55 Å². The van der Waals surface area contributed by atoms with Crippen molar-refractivity contribution in [3.05, 3.63) is 76.8 Å². The Morgan fingerprint density at radius 1 is 1.03 bits per heavy atom. The van der Waals surface area contributed by atoms with E-state index in [9.17, 15) is 26.3 Å². The van der Waals surface area contributed by atoms with Crippen molar-refractivity contribution in [3.8, 4) is 17.5 Å². The van der Waals surface area contributed by atoms with Gasteiger partial charge in [-0.2, -0.15) is 31.6 Å². The number of oxazole rings is 1. The molecule has 10 heteroatoms. The molecule has 0 aliphatic heterocycles. The van der Waals surface area contributed by atoms with Gasteiger partial charge in [-0.15, -0.1) is 0 Å². The average Bonchev–Trinajstić information content (AvgIpc) is 3.31. The van der Waals surface area contributed by atoms with Crippen molar-refractivity contribution < 1.29 is 30.8 Å². The Balaban J connectivity index is 1.73. The summed E-state index contributed by atoms with van der Waals surface area (Å²) in [6.45, 7) is 1.64. The van der Waals surface area contributed by atoms with Crippen molar-refractivity contribution in [1.29, 1.82) is 5.26 Å². The standard InChI is InChI=1S/C22H13F6N3O/c1-12-7-17-18(6-5-14(9-29)19(17)22(26,27)28)31(12)10-16-11-32-20(30-16)13-3-2-4-15(8-13)21(23,24)25/h2-8,11H,10H2,1H3. The molecule has 2 heterocycles. The zero-order valence-electron chi connectivity index (χ0n) is 16.3. The van der Waals surface area contributed by atoms with Crippen LogP contribution in [0.3, 0.4) is 0 Å². The molecule has 4 nitrogen and oxygen atoms in total. The van der Waals surface area contributed by atoms with Crippen molar-refractivity contribution in [1.82, 2.24) is 9.55 Å². The Bertz CT molecular complexity index is 1350. The van der Waals surface area contributed by atoms with Gasteiger partial charge < -0.3 is 8.98 Å². The van der Waals surface area contributed by atoms with Crippen LogP contribution >= 0.6 is 0 Å². The van der Waals surface area contributed by atoms with Crippen LogP contribution in [0.2, 0.25) is 0 Å². The summed E-state index contributed by atoms with van der Waals surface area (Å²) in [4.78, 5) is 4.20. The number of halogens is 6. The summed E-state index contributed by atoms with van der Waals surface area (Å²) in [7, 11) is 0. The Hall–Kier alpha value is -3.74. The molecule has 0 aliphatic carbocycles. The topological polar surface area (TPSA) is 54.8 Å². The number of benzene rings is 2. The predicted octanol–water partition coefficient (Wildman–Crippen LogP) is 6.56. The van der Waals surface area contributed by atoms with E-state index in [0.717, 1.165) is 18.2 Å². The van der Waals surface area contributed by atoms with Gasteiger partial charge in [-0.25, -0.2) is 4.98 Å². The van der Waals surface area contributed by atoms with Gasteiger partial charge in [0.1, 0.15) is 6.26 Å². The number of rotatable bonds is 3. The summed E-state index contributed by atoms with van der Waals surface area (Å²) >= 11 is 0. The molecule has 0 atom stereocenters. The van der Waals surface area contributed by atoms with E-state index in [1.165, 1.54) is 30.5 Å². The quantitative estimate of drug-likeness (QED) is 0.333. The van der Waals surface area contributed by atoms with Crippen molar-refractivity contribution in [2.75, 3.05) is 0 Å². The molecule has 2 aromatic heterocycles. The fraction of sp³-hybridized carbons (Fsp3) is 0.182. The predicted molar refractivity (Wildman–Crippen MR) is 102 cm³/mol. The summed E-state index contributed by atoms with van der Waals surface area (Å²) in [5, 5.41) is 8.97. The van der Waals surface area contributed by atoms with Crippen molar-refractivity contribution in [2.45, 2.75) is 25.8 Å². The molecule has 0 saturated carbocycles. The minimum absolute atomic E-state index is 0.0288. The molecule has 32 heavy (non-hydrogen) atoms. The summed E-state index contributed by atoms with van der Waals surface area (Å²) in [6, 6.07) is 9.93. The lowest BCUT2D eigenvalue weighted by molar-refractivity contribution is -0.138. The van der Waals surface area contributed by atoms with Gasteiger partial charge in [-0.05, 0) is 43.3 Å². The number of nitrogens with zero attached hydrogens (tertiary/aromatic N) is 3. The fourth-order valence-corrected chi connectivity index (χ4v) is 3.58. The van der Waals surface area contributed by atoms with Gasteiger partial charge in [0.2, 0.25) is 5.89 Å². The zero-order valence-corrected chi connectivity index (χ0v) is 16.3. The first-order chi connectivity index (χ1) is 15.0. The summed E-state index contributed by atoms with van der Waals surface area (Å²) < 4.78 is 86.5. The second kappa shape index (κ2) is 7.44. The Labute approximate surface area is 177 Å². The number of hydrogen-bond donors (Lipinski definition) is 0. The van der Waals surface area contributed by atoms with Gasteiger partial charge >= 0.3 is 12.4 Å². The van der Waals surface area contributed by atoms with E-state index in [-0.39, 0.29) is 28.9 Å². The van der Waals surface area contributed by atoms with Gasteiger partial charge in [0.25, 0.3) is 0 Å². The maximum atomic E-state index is 13.6. The lowest BCUT2D eigenvalue weighted by atomic mass is 10.0. The maximum absolute atomic E-state index is 13.6. The molecule has 0 bridgehead atoms. The Morgan fingerprint density at radius 3 is 2.44 bits per heavy atom. The summed E-state index contributed by atoms with van der Waals surface area (Å²) in [6.07, 6.45) is -7.99. The first-order valence-corrected chi connectivity index (χ1v) is 9.21. The summed E-state index contributed by atoms with van der Waals surface area (Å²) in [5.74, 6) is -0.0389. The highest BCUT2D eigenvalue weighted by molar-refractivity contribution is 5.87. The number of aryl methyl sites for hydroxylation is 1. The second-order valence-electron chi connectivity index (χ2n) is 7.12. The van der Waals surface area contributed by atoms with Gasteiger partial charge in [-0.3, -0.25) is 0 Å². The monoisotopic (exact) mass is 449 g/mol. The third kappa shape index (κ3) is 3.82. The van der Waals surface area contributed by atoms with Gasteiger partial charge in [0.05, 0.1) is 35.0 Å². The number of aromatic nitrogens is 2. The van der Waals surface area contributed by atoms with Gasteiger partial charge in [0, 0.05) is 22.2 Å². The first kappa shape index (κ1) is 21.5. The molecule has 164 valence electrons. The van der Waals surface area contributed by atoms with Crippen molar-refractivity contribution in [3.63, 3.8) is 0 Å². The highest BCUT2D eigenvalue weighted by atomic mass is 19.4. The molecule has 0 N–H and O–H groups in total. The second-order valence-corrected chi connectivity index (χ2v) is 7.12. The zero-order chi connectivity index (χ0) is 23.3. The normalized spacial score (nSPS) is 12.3. The number of fused-ring (bicyclic) bond motifs is 1. The molecule has 0 amide bonds.